The fraction of sp³-hybridized carbons (Fsp3) is 0.379. The lowest BCUT2D eigenvalue weighted by atomic mass is 9.92. The number of H-pyrrole nitrogens is 1. The number of aryl methyl sites for hydroxylation is 1. The maximum absolute atomic E-state index is 12.4. The molecule has 0 aliphatic heterocycles. The number of rotatable bonds is 10. The lowest BCUT2D eigenvalue weighted by Crippen LogP contribution is -2.25. The van der Waals surface area contributed by atoms with E-state index < -0.39 is 0 Å². The molecule has 0 spiro atoms. The fourth-order valence-corrected chi connectivity index (χ4v) is 5.11. The number of nitrogens with one attached hydrogen (secondary N) is 3. The number of amides is 1. The molecule has 0 saturated heterocycles. The van der Waals surface area contributed by atoms with Crippen molar-refractivity contribution in [2.24, 2.45) is 0 Å². The number of hydrogen-bond donors (Lipinski definition) is 3. The number of unbranched alkanes of at least 4 members (excludes halogenated alkanes) is 1. The predicted octanol–water partition coefficient (Wildman–Crippen LogP) is 5.54. The number of fused-ring (bicyclic) bond motifs is 3. The third kappa shape index (κ3) is 5.26. The molecule has 0 bridgehead atoms. The van der Waals surface area contributed by atoms with E-state index in [9.17, 15) is 4.79 Å². The SMILES string of the molecule is COc1ccc2[nH]cc(CCNC(=O)CCCCNc3c4c(nc5ccccc35)CCCC4)c2c1. The monoisotopic (exact) mass is 470 g/mol. The van der Waals surface area contributed by atoms with Gasteiger partial charge in [-0.25, -0.2) is 0 Å². The van der Waals surface area contributed by atoms with Gasteiger partial charge in [0.15, 0.2) is 0 Å². The molecule has 0 radical (unpaired) electrons. The van der Waals surface area contributed by atoms with Crippen molar-refractivity contribution in [3.63, 3.8) is 0 Å². The van der Waals surface area contributed by atoms with Gasteiger partial charge in [-0.15, -0.1) is 0 Å². The average molecular weight is 471 g/mol. The van der Waals surface area contributed by atoms with Crippen molar-refractivity contribution in [3.05, 3.63) is 65.5 Å². The summed E-state index contributed by atoms with van der Waals surface area (Å²) in [6.07, 6.45) is 9.82. The number of carbonyl (C=O) groups excluding carboxylic acids is 1. The molecule has 182 valence electrons. The third-order valence-corrected chi connectivity index (χ3v) is 6.99. The van der Waals surface area contributed by atoms with E-state index in [1.807, 2.05) is 24.4 Å². The van der Waals surface area contributed by atoms with E-state index in [4.69, 9.17) is 9.72 Å². The van der Waals surface area contributed by atoms with E-state index in [1.54, 1.807) is 7.11 Å². The number of ether oxygens (including phenoxy) is 1. The van der Waals surface area contributed by atoms with Gasteiger partial charge in [-0.1, -0.05) is 18.2 Å². The van der Waals surface area contributed by atoms with Gasteiger partial charge in [-0.2, -0.15) is 0 Å². The second-order valence-electron chi connectivity index (χ2n) is 9.35. The minimum Gasteiger partial charge on any atom is -0.497 e. The van der Waals surface area contributed by atoms with Gasteiger partial charge in [0.2, 0.25) is 5.91 Å². The summed E-state index contributed by atoms with van der Waals surface area (Å²) in [6.45, 7) is 1.50. The van der Waals surface area contributed by atoms with Crippen molar-refractivity contribution in [1.29, 1.82) is 0 Å². The van der Waals surface area contributed by atoms with Crippen LogP contribution in [0, 0.1) is 0 Å². The summed E-state index contributed by atoms with van der Waals surface area (Å²) in [5.41, 5.74) is 7.25. The normalized spacial score (nSPS) is 13.1. The molecule has 0 saturated carbocycles. The van der Waals surface area contributed by atoms with Crippen molar-refractivity contribution < 1.29 is 9.53 Å². The lowest BCUT2D eigenvalue weighted by molar-refractivity contribution is -0.121. The van der Waals surface area contributed by atoms with E-state index in [1.165, 1.54) is 40.7 Å². The highest BCUT2D eigenvalue weighted by molar-refractivity contribution is 5.93. The summed E-state index contributed by atoms with van der Waals surface area (Å²) in [5.74, 6) is 0.963. The Kier molecular flexibility index (Phi) is 7.17. The Labute approximate surface area is 206 Å². The zero-order chi connectivity index (χ0) is 24.0. The summed E-state index contributed by atoms with van der Waals surface area (Å²) in [6, 6.07) is 14.4. The number of pyridine rings is 1. The minimum absolute atomic E-state index is 0.120. The average Bonchev–Trinajstić information content (AvgIpc) is 3.30. The predicted molar refractivity (Wildman–Crippen MR) is 142 cm³/mol. The molecular weight excluding hydrogens is 436 g/mol. The van der Waals surface area contributed by atoms with Crippen LogP contribution in [0.1, 0.15) is 48.9 Å². The number of para-hydroxylation sites is 1. The molecule has 4 aromatic rings. The Morgan fingerprint density at radius 3 is 2.86 bits per heavy atom. The Hall–Kier alpha value is -3.54. The number of aromatic nitrogens is 2. The number of aromatic amines is 1. The molecule has 6 nitrogen and oxygen atoms in total. The Morgan fingerprint density at radius 1 is 1.06 bits per heavy atom. The van der Waals surface area contributed by atoms with E-state index >= 15 is 0 Å². The summed E-state index contributed by atoms with van der Waals surface area (Å²) in [5, 5.41) is 9.13. The molecule has 35 heavy (non-hydrogen) atoms. The van der Waals surface area contributed by atoms with E-state index in [0.717, 1.165) is 60.8 Å². The van der Waals surface area contributed by atoms with Crippen molar-refractivity contribution in [3.8, 4) is 5.75 Å². The molecule has 5 rings (SSSR count). The van der Waals surface area contributed by atoms with Crippen LogP contribution in [0.3, 0.4) is 0 Å². The van der Waals surface area contributed by atoms with Crippen LogP contribution >= 0.6 is 0 Å². The van der Waals surface area contributed by atoms with Crippen LogP contribution in [0.25, 0.3) is 21.8 Å². The molecule has 2 heterocycles. The van der Waals surface area contributed by atoms with Crippen molar-refractivity contribution in [2.75, 3.05) is 25.5 Å². The number of nitrogens with zero attached hydrogens (tertiary/aromatic N) is 1. The minimum atomic E-state index is 0.120. The zero-order valence-corrected chi connectivity index (χ0v) is 20.5. The van der Waals surface area contributed by atoms with Crippen LogP contribution in [0.5, 0.6) is 5.75 Å². The first-order chi connectivity index (χ1) is 17.2. The molecule has 0 atom stereocenters. The van der Waals surface area contributed by atoms with Gasteiger partial charge in [0.25, 0.3) is 0 Å². The smallest absolute Gasteiger partial charge is 0.220 e. The van der Waals surface area contributed by atoms with Crippen LogP contribution in [0.2, 0.25) is 0 Å². The maximum Gasteiger partial charge on any atom is 0.220 e. The van der Waals surface area contributed by atoms with Gasteiger partial charge >= 0.3 is 0 Å². The molecule has 6 heteroatoms. The fourth-order valence-electron chi connectivity index (χ4n) is 5.11. The summed E-state index contributed by atoms with van der Waals surface area (Å²) in [7, 11) is 1.68. The van der Waals surface area contributed by atoms with Crippen LogP contribution < -0.4 is 15.4 Å². The highest BCUT2D eigenvalue weighted by atomic mass is 16.5. The number of carbonyl (C=O) groups is 1. The molecule has 2 aromatic carbocycles. The summed E-state index contributed by atoms with van der Waals surface area (Å²) < 4.78 is 5.34. The number of anilines is 1. The van der Waals surface area contributed by atoms with Gasteiger partial charge < -0.3 is 20.4 Å². The Morgan fingerprint density at radius 2 is 1.94 bits per heavy atom. The van der Waals surface area contributed by atoms with Crippen LogP contribution in [-0.2, 0) is 24.1 Å². The van der Waals surface area contributed by atoms with Crippen LogP contribution in [-0.4, -0.2) is 36.1 Å². The number of benzene rings is 2. The zero-order valence-electron chi connectivity index (χ0n) is 20.5. The molecule has 1 aliphatic rings. The topological polar surface area (TPSA) is 79.0 Å². The second-order valence-corrected chi connectivity index (χ2v) is 9.35. The molecule has 1 amide bonds. The quantitative estimate of drug-likeness (QED) is 0.266. The highest BCUT2D eigenvalue weighted by Crippen LogP contribution is 2.33. The van der Waals surface area contributed by atoms with Gasteiger partial charge in [-0.05, 0) is 80.3 Å². The molecule has 1 aliphatic carbocycles. The van der Waals surface area contributed by atoms with Crippen molar-refractivity contribution >= 4 is 33.4 Å². The molecule has 0 fully saturated rings. The first-order valence-electron chi connectivity index (χ1n) is 12.8. The number of hydrogen-bond acceptors (Lipinski definition) is 4. The Bertz CT molecular complexity index is 1330. The molecular formula is C29H34N4O2. The van der Waals surface area contributed by atoms with Gasteiger partial charge in [-0.3, -0.25) is 9.78 Å². The largest absolute Gasteiger partial charge is 0.497 e. The van der Waals surface area contributed by atoms with Crippen molar-refractivity contribution in [1.82, 2.24) is 15.3 Å². The molecule has 3 N–H and O–H groups in total. The summed E-state index contributed by atoms with van der Waals surface area (Å²) >= 11 is 0. The first-order valence-corrected chi connectivity index (χ1v) is 12.8. The van der Waals surface area contributed by atoms with Crippen molar-refractivity contribution in [2.45, 2.75) is 51.4 Å². The van der Waals surface area contributed by atoms with E-state index in [0.29, 0.717) is 13.0 Å². The van der Waals surface area contributed by atoms with Gasteiger partial charge in [0, 0.05) is 53.4 Å². The lowest BCUT2D eigenvalue weighted by Gasteiger charge is -2.21. The van der Waals surface area contributed by atoms with Gasteiger partial charge in [0.05, 0.1) is 12.6 Å². The summed E-state index contributed by atoms with van der Waals surface area (Å²) in [4.78, 5) is 20.6. The molecule has 2 aromatic heterocycles. The molecule has 0 unspecified atom stereocenters. The standard InChI is InChI=1S/C29H34N4O2/c1-35-21-13-14-25-24(18-21)20(19-32-25)15-17-30-28(34)12-6-7-16-31-29-22-8-2-4-10-26(22)33-27-11-5-3-9-23(27)29/h2,4,8,10,13-14,18-19,32H,3,5-7,9,11-12,15-17H2,1H3,(H,30,34)(H,31,33). The second kappa shape index (κ2) is 10.8. The van der Waals surface area contributed by atoms with E-state index in [2.05, 4.69) is 39.9 Å². The maximum atomic E-state index is 12.4. The van der Waals surface area contributed by atoms with Gasteiger partial charge in [0.1, 0.15) is 5.75 Å². The van der Waals surface area contributed by atoms with E-state index in [-0.39, 0.29) is 5.91 Å². The first kappa shape index (κ1) is 23.2. The third-order valence-electron chi connectivity index (χ3n) is 6.99. The highest BCUT2D eigenvalue weighted by Gasteiger charge is 2.17. The number of methoxy groups -OCH3 is 1. The Balaban J connectivity index is 1.08. The van der Waals surface area contributed by atoms with Crippen LogP contribution in [0.15, 0.2) is 48.7 Å². The van der Waals surface area contributed by atoms with Crippen LogP contribution in [0.4, 0.5) is 5.69 Å².